The van der Waals surface area contributed by atoms with E-state index in [1.807, 2.05) is 13.8 Å². The number of fused-ring (bicyclic) bond motifs is 1. The number of benzene rings is 2. The lowest BCUT2D eigenvalue weighted by atomic mass is 10.0. The standard InChI is InChI=1S/C13H11ClO3.C2H6/c1-7-5-11(14)9-4-3-8(13(16)17-2)6-10(9)12(7)15;1-2/h3-6,15H,1-2H3;1-2H3. The van der Waals surface area contributed by atoms with Gasteiger partial charge in [-0.05, 0) is 30.7 Å². The van der Waals surface area contributed by atoms with Gasteiger partial charge in [0.25, 0.3) is 0 Å². The van der Waals surface area contributed by atoms with Gasteiger partial charge in [0.2, 0.25) is 0 Å². The molecule has 19 heavy (non-hydrogen) atoms. The number of aromatic hydroxyl groups is 1. The Hall–Kier alpha value is -1.74. The number of phenolic OH excluding ortho intramolecular Hbond substituents is 1. The van der Waals surface area contributed by atoms with E-state index in [1.165, 1.54) is 7.11 Å². The van der Waals surface area contributed by atoms with Gasteiger partial charge in [0.05, 0.1) is 12.7 Å². The third-order valence-electron chi connectivity index (χ3n) is 2.67. The maximum Gasteiger partial charge on any atom is 0.337 e. The summed E-state index contributed by atoms with van der Waals surface area (Å²) in [6.45, 7) is 5.76. The second-order valence-corrected chi connectivity index (χ2v) is 4.18. The van der Waals surface area contributed by atoms with Gasteiger partial charge in [0.1, 0.15) is 5.75 Å². The number of hydrogen-bond donors (Lipinski definition) is 1. The molecule has 0 spiro atoms. The Morgan fingerprint density at radius 1 is 1.21 bits per heavy atom. The fraction of sp³-hybridized carbons (Fsp3) is 0.267. The van der Waals surface area contributed by atoms with Gasteiger partial charge in [-0.1, -0.05) is 31.5 Å². The molecule has 0 aliphatic rings. The van der Waals surface area contributed by atoms with Crippen LogP contribution >= 0.6 is 11.6 Å². The fourth-order valence-electron chi connectivity index (χ4n) is 1.74. The van der Waals surface area contributed by atoms with E-state index < -0.39 is 5.97 Å². The predicted molar refractivity (Wildman–Crippen MR) is 78.0 cm³/mol. The normalized spacial score (nSPS) is 9.74. The lowest BCUT2D eigenvalue weighted by Gasteiger charge is -2.08. The highest BCUT2D eigenvalue weighted by Gasteiger charge is 2.11. The lowest BCUT2D eigenvalue weighted by Crippen LogP contribution is -2.00. The van der Waals surface area contributed by atoms with Crippen LogP contribution in [0.2, 0.25) is 5.02 Å². The highest BCUT2D eigenvalue weighted by Crippen LogP contribution is 2.34. The van der Waals surface area contributed by atoms with Crippen molar-refractivity contribution >= 4 is 28.3 Å². The third-order valence-corrected chi connectivity index (χ3v) is 2.98. The van der Waals surface area contributed by atoms with E-state index in [0.717, 1.165) is 0 Å². The van der Waals surface area contributed by atoms with Crippen LogP contribution in [-0.2, 0) is 4.74 Å². The van der Waals surface area contributed by atoms with Gasteiger partial charge in [-0.2, -0.15) is 0 Å². The van der Waals surface area contributed by atoms with Crippen LogP contribution in [0.25, 0.3) is 10.8 Å². The number of rotatable bonds is 1. The minimum atomic E-state index is -0.441. The van der Waals surface area contributed by atoms with Gasteiger partial charge >= 0.3 is 5.97 Å². The zero-order chi connectivity index (χ0) is 14.6. The van der Waals surface area contributed by atoms with Crippen LogP contribution in [0.15, 0.2) is 24.3 Å². The van der Waals surface area contributed by atoms with Crippen molar-refractivity contribution in [3.63, 3.8) is 0 Å². The number of esters is 1. The Morgan fingerprint density at radius 3 is 2.42 bits per heavy atom. The van der Waals surface area contributed by atoms with E-state index in [4.69, 9.17) is 11.6 Å². The van der Waals surface area contributed by atoms with Crippen molar-refractivity contribution in [3.8, 4) is 5.75 Å². The first-order valence-electron chi connectivity index (χ1n) is 6.04. The van der Waals surface area contributed by atoms with Crippen LogP contribution in [0.4, 0.5) is 0 Å². The van der Waals surface area contributed by atoms with E-state index in [9.17, 15) is 9.90 Å². The quantitative estimate of drug-likeness (QED) is 0.791. The van der Waals surface area contributed by atoms with Crippen molar-refractivity contribution in [3.05, 3.63) is 40.4 Å². The van der Waals surface area contributed by atoms with Gasteiger partial charge in [0.15, 0.2) is 0 Å². The number of ether oxygens (including phenoxy) is 1. The zero-order valence-electron chi connectivity index (χ0n) is 11.5. The Morgan fingerprint density at radius 2 is 1.84 bits per heavy atom. The molecule has 0 aliphatic heterocycles. The minimum Gasteiger partial charge on any atom is -0.507 e. The summed E-state index contributed by atoms with van der Waals surface area (Å²) in [5, 5.41) is 11.8. The third kappa shape index (κ3) is 2.99. The van der Waals surface area contributed by atoms with Crippen molar-refractivity contribution < 1.29 is 14.6 Å². The smallest absolute Gasteiger partial charge is 0.337 e. The zero-order valence-corrected chi connectivity index (χ0v) is 12.2. The van der Waals surface area contributed by atoms with E-state index in [2.05, 4.69) is 4.74 Å². The molecule has 0 radical (unpaired) electrons. The molecular weight excluding hydrogens is 264 g/mol. The molecule has 3 nitrogen and oxygen atoms in total. The number of aryl methyl sites for hydroxylation is 1. The van der Waals surface area contributed by atoms with Gasteiger partial charge < -0.3 is 9.84 Å². The van der Waals surface area contributed by atoms with Crippen molar-refractivity contribution in [2.24, 2.45) is 0 Å². The molecule has 0 fully saturated rings. The summed E-state index contributed by atoms with van der Waals surface area (Å²) in [6, 6.07) is 6.59. The summed E-state index contributed by atoms with van der Waals surface area (Å²) in [7, 11) is 1.32. The summed E-state index contributed by atoms with van der Waals surface area (Å²) in [5.74, 6) is -0.306. The Kier molecular flexibility index (Phi) is 5.19. The Labute approximate surface area is 117 Å². The van der Waals surface area contributed by atoms with Crippen LogP contribution in [0, 0.1) is 6.92 Å². The molecule has 0 amide bonds. The van der Waals surface area contributed by atoms with Crippen LogP contribution in [0.5, 0.6) is 5.75 Å². The first-order chi connectivity index (χ1) is 9.04. The summed E-state index contributed by atoms with van der Waals surface area (Å²) in [6.07, 6.45) is 0. The second-order valence-electron chi connectivity index (χ2n) is 3.78. The van der Waals surface area contributed by atoms with Crippen LogP contribution in [-0.4, -0.2) is 18.2 Å². The summed E-state index contributed by atoms with van der Waals surface area (Å²) >= 11 is 6.07. The predicted octanol–water partition coefficient (Wildman–Crippen LogP) is 4.32. The number of carbonyl (C=O) groups is 1. The molecule has 1 N–H and O–H groups in total. The molecule has 0 saturated carbocycles. The van der Waals surface area contributed by atoms with E-state index >= 15 is 0 Å². The summed E-state index contributed by atoms with van der Waals surface area (Å²) < 4.78 is 4.63. The van der Waals surface area contributed by atoms with Gasteiger partial charge in [-0.3, -0.25) is 0 Å². The van der Waals surface area contributed by atoms with Crippen molar-refractivity contribution in [1.82, 2.24) is 0 Å². The van der Waals surface area contributed by atoms with E-state index in [-0.39, 0.29) is 5.75 Å². The molecule has 4 heteroatoms. The fourth-order valence-corrected chi connectivity index (χ4v) is 2.07. The van der Waals surface area contributed by atoms with Gasteiger partial charge in [-0.25, -0.2) is 4.79 Å². The first-order valence-corrected chi connectivity index (χ1v) is 6.42. The topological polar surface area (TPSA) is 46.5 Å². The van der Waals surface area contributed by atoms with Crippen LogP contribution in [0.1, 0.15) is 29.8 Å². The summed E-state index contributed by atoms with van der Waals surface area (Å²) in [4.78, 5) is 11.4. The minimum absolute atomic E-state index is 0.134. The summed E-state index contributed by atoms with van der Waals surface area (Å²) in [5.41, 5.74) is 1.06. The monoisotopic (exact) mass is 280 g/mol. The molecule has 0 bridgehead atoms. The maximum atomic E-state index is 11.4. The molecule has 0 aliphatic carbocycles. The molecule has 0 heterocycles. The molecule has 2 rings (SSSR count). The highest BCUT2D eigenvalue weighted by molar-refractivity contribution is 6.36. The number of phenols is 1. The number of carbonyl (C=O) groups excluding carboxylic acids is 1. The highest BCUT2D eigenvalue weighted by atomic mass is 35.5. The van der Waals surface area contributed by atoms with Crippen molar-refractivity contribution in [2.45, 2.75) is 20.8 Å². The number of halogens is 1. The maximum absolute atomic E-state index is 11.4. The van der Waals surface area contributed by atoms with E-state index in [0.29, 0.717) is 26.9 Å². The van der Waals surface area contributed by atoms with Crippen LogP contribution in [0.3, 0.4) is 0 Å². The molecule has 102 valence electrons. The Balaban J connectivity index is 0.000000861. The Bertz CT molecular complexity index is 606. The largest absolute Gasteiger partial charge is 0.507 e. The van der Waals surface area contributed by atoms with Gasteiger partial charge in [-0.15, -0.1) is 0 Å². The van der Waals surface area contributed by atoms with E-state index in [1.54, 1.807) is 31.2 Å². The second kappa shape index (κ2) is 6.43. The molecule has 2 aromatic rings. The number of methoxy groups -OCH3 is 1. The molecule has 0 atom stereocenters. The molecule has 0 saturated heterocycles. The van der Waals surface area contributed by atoms with Gasteiger partial charge in [0, 0.05) is 15.8 Å². The SMILES string of the molecule is CC.COC(=O)c1ccc2c(Cl)cc(C)c(O)c2c1. The van der Waals surface area contributed by atoms with Crippen LogP contribution < -0.4 is 0 Å². The van der Waals surface area contributed by atoms with Crippen molar-refractivity contribution in [2.75, 3.05) is 7.11 Å². The molecule has 0 unspecified atom stereocenters. The lowest BCUT2D eigenvalue weighted by molar-refractivity contribution is 0.0601. The average molecular weight is 281 g/mol. The first kappa shape index (κ1) is 15.3. The molecule has 2 aromatic carbocycles. The molecule has 0 aromatic heterocycles. The van der Waals surface area contributed by atoms with Crippen molar-refractivity contribution in [1.29, 1.82) is 0 Å². The number of hydrogen-bond acceptors (Lipinski definition) is 3. The average Bonchev–Trinajstić information content (AvgIpc) is 2.45. The molecular formula is C15H17ClO3.